The molecule has 2 atom stereocenters. The number of carbonyl (C=O) groups is 1. The molecule has 0 bridgehead atoms. The molecule has 3 N–H and O–H groups in total. The van der Waals surface area contributed by atoms with Crippen molar-refractivity contribution in [3.05, 3.63) is 46.5 Å². The number of hydrogen-bond acceptors (Lipinski definition) is 4. The summed E-state index contributed by atoms with van der Waals surface area (Å²) in [6.45, 7) is 2.02. The van der Waals surface area contributed by atoms with Crippen LogP contribution in [0.4, 0.5) is 5.13 Å². The van der Waals surface area contributed by atoms with Gasteiger partial charge in [0, 0.05) is 11.3 Å². The molecule has 1 aliphatic rings. The van der Waals surface area contributed by atoms with Crippen molar-refractivity contribution in [3.63, 3.8) is 0 Å². The molecule has 0 spiro atoms. The van der Waals surface area contributed by atoms with Crippen LogP contribution in [0, 0.1) is 5.92 Å². The van der Waals surface area contributed by atoms with E-state index in [1.165, 1.54) is 4.88 Å². The Bertz CT molecular complexity index is 653. The van der Waals surface area contributed by atoms with Crippen LogP contribution in [-0.2, 0) is 17.6 Å². The second-order valence-corrected chi connectivity index (χ2v) is 7.05. The zero-order chi connectivity index (χ0) is 15.5. The Morgan fingerprint density at radius 1 is 1.45 bits per heavy atom. The van der Waals surface area contributed by atoms with Crippen molar-refractivity contribution in [3.8, 4) is 0 Å². The fraction of sp³-hybridized carbons (Fsp3) is 0.412. The van der Waals surface area contributed by atoms with Crippen molar-refractivity contribution in [1.82, 2.24) is 10.3 Å². The minimum atomic E-state index is 0.0481. The van der Waals surface area contributed by atoms with Gasteiger partial charge in [-0.05, 0) is 37.7 Å². The van der Waals surface area contributed by atoms with Crippen molar-refractivity contribution in [2.75, 3.05) is 5.73 Å². The van der Waals surface area contributed by atoms with E-state index < -0.39 is 0 Å². The first-order chi connectivity index (χ1) is 10.6. The Hall–Kier alpha value is -1.88. The Kier molecular flexibility index (Phi) is 4.43. The zero-order valence-corrected chi connectivity index (χ0v) is 13.5. The van der Waals surface area contributed by atoms with Crippen molar-refractivity contribution in [2.24, 2.45) is 5.92 Å². The SMILES string of the molecule is C[C@H](NC(=O)C[C@@H]1CCc2nc(N)sc2C1)c1ccccc1. The van der Waals surface area contributed by atoms with Crippen molar-refractivity contribution in [1.29, 1.82) is 0 Å². The number of thiazole rings is 1. The summed E-state index contributed by atoms with van der Waals surface area (Å²) in [7, 11) is 0. The van der Waals surface area contributed by atoms with Gasteiger partial charge in [0.1, 0.15) is 0 Å². The van der Waals surface area contributed by atoms with Gasteiger partial charge in [0.05, 0.1) is 11.7 Å². The number of rotatable bonds is 4. The highest BCUT2D eigenvalue weighted by Crippen LogP contribution is 2.32. The van der Waals surface area contributed by atoms with Gasteiger partial charge in [-0.25, -0.2) is 4.98 Å². The predicted molar refractivity (Wildman–Crippen MR) is 89.7 cm³/mol. The third-order valence-corrected chi connectivity index (χ3v) is 5.16. The Morgan fingerprint density at radius 2 is 2.23 bits per heavy atom. The molecule has 1 aromatic carbocycles. The number of nitrogens with zero attached hydrogens (tertiary/aromatic N) is 1. The van der Waals surface area contributed by atoms with Crippen LogP contribution in [0.25, 0.3) is 0 Å². The summed E-state index contributed by atoms with van der Waals surface area (Å²) in [6.07, 6.45) is 3.46. The van der Waals surface area contributed by atoms with E-state index in [2.05, 4.69) is 10.3 Å². The molecule has 0 radical (unpaired) electrons. The number of aromatic nitrogens is 1. The van der Waals surface area contributed by atoms with E-state index in [0.717, 1.165) is 30.5 Å². The lowest BCUT2D eigenvalue weighted by atomic mass is 9.88. The number of carbonyl (C=O) groups excluding carboxylic acids is 1. The van der Waals surface area contributed by atoms with E-state index in [-0.39, 0.29) is 11.9 Å². The van der Waals surface area contributed by atoms with Crippen LogP contribution < -0.4 is 11.1 Å². The van der Waals surface area contributed by atoms with Crippen LogP contribution in [-0.4, -0.2) is 10.9 Å². The topological polar surface area (TPSA) is 68.0 Å². The normalized spacial score (nSPS) is 18.5. The highest BCUT2D eigenvalue weighted by Gasteiger charge is 2.24. The largest absolute Gasteiger partial charge is 0.375 e. The van der Waals surface area contributed by atoms with Crippen LogP contribution >= 0.6 is 11.3 Å². The average Bonchev–Trinajstić information content (AvgIpc) is 2.87. The number of anilines is 1. The van der Waals surface area contributed by atoms with Crippen LogP contribution in [0.3, 0.4) is 0 Å². The fourth-order valence-corrected chi connectivity index (χ4v) is 4.02. The van der Waals surface area contributed by atoms with Crippen LogP contribution in [0.2, 0.25) is 0 Å². The van der Waals surface area contributed by atoms with Crippen molar-refractivity contribution < 1.29 is 4.79 Å². The Morgan fingerprint density at radius 3 is 3.00 bits per heavy atom. The number of nitrogens with one attached hydrogen (secondary N) is 1. The quantitative estimate of drug-likeness (QED) is 0.911. The molecule has 3 rings (SSSR count). The van der Waals surface area contributed by atoms with Gasteiger partial charge in [-0.3, -0.25) is 4.79 Å². The second kappa shape index (κ2) is 6.48. The molecule has 0 saturated carbocycles. The molecule has 1 amide bonds. The number of fused-ring (bicyclic) bond motifs is 1. The van der Waals surface area contributed by atoms with Gasteiger partial charge >= 0.3 is 0 Å². The van der Waals surface area contributed by atoms with Gasteiger partial charge in [0.25, 0.3) is 0 Å². The predicted octanol–water partition coefficient (Wildman–Crippen LogP) is 3.10. The first kappa shape index (κ1) is 15.0. The summed E-state index contributed by atoms with van der Waals surface area (Å²) >= 11 is 1.57. The molecule has 2 aromatic rings. The number of aryl methyl sites for hydroxylation is 1. The smallest absolute Gasteiger partial charge is 0.220 e. The van der Waals surface area contributed by atoms with Gasteiger partial charge in [-0.1, -0.05) is 30.3 Å². The first-order valence-corrected chi connectivity index (χ1v) is 8.52. The monoisotopic (exact) mass is 315 g/mol. The zero-order valence-electron chi connectivity index (χ0n) is 12.7. The van der Waals surface area contributed by atoms with Crippen molar-refractivity contribution in [2.45, 2.75) is 38.6 Å². The molecule has 5 heteroatoms. The maximum Gasteiger partial charge on any atom is 0.220 e. The fourth-order valence-electron chi connectivity index (χ4n) is 3.03. The molecule has 0 aliphatic heterocycles. The highest BCUT2D eigenvalue weighted by atomic mass is 32.1. The van der Waals surface area contributed by atoms with Crippen molar-refractivity contribution >= 4 is 22.4 Å². The third-order valence-electron chi connectivity index (χ3n) is 4.21. The van der Waals surface area contributed by atoms with E-state index in [4.69, 9.17) is 5.73 Å². The number of amides is 1. The molecular weight excluding hydrogens is 294 g/mol. The summed E-state index contributed by atoms with van der Waals surface area (Å²) in [5, 5.41) is 3.74. The second-order valence-electron chi connectivity index (χ2n) is 5.93. The Balaban J connectivity index is 1.54. The van der Waals surface area contributed by atoms with E-state index >= 15 is 0 Å². The molecule has 0 unspecified atom stereocenters. The standard InChI is InChI=1S/C17H21N3OS/c1-11(13-5-3-2-4-6-13)19-16(21)10-12-7-8-14-15(9-12)22-17(18)20-14/h2-6,11-12H,7-10H2,1H3,(H2,18,20)(H,19,21)/t11-,12+/m0/s1. The van der Waals surface area contributed by atoms with E-state index in [1.54, 1.807) is 11.3 Å². The summed E-state index contributed by atoms with van der Waals surface area (Å²) < 4.78 is 0. The molecule has 1 aliphatic carbocycles. The van der Waals surface area contributed by atoms with Gasteiger partial charge in [-0.15, -0.1) is 11.3 Å². The molecule has 0 saturated heterocycles. The van der Waals surface area contributed by atoms with Gasteiger partial charge in [0.15, 0.2) is 5.13 Å². The number of nitrogens with two attached hydrogens (primary N) is 1. The minimum Gasteiger partial charge on any atom is -0.375 e. The molecule has 1 aromatic heterocycles. The van der Waals surface area contributed by atoms with E-state index in [1.807, 2.05) is 37.3 Å². The van der Waals surface area contributed by atoms with Gasteiger partial charge in [-0.2, -0.15) is 0 Å². The summed E-state index contributed by atoms with van der Waals surface area (Å²) in [5.41, 5.74) is 8.04. The summed E-state index contributed by atoms with van der Waals surface area (Å²) in [4.78, 5) is 17.9. The molecule has 116 valence electrons. The highest BCUT2D eigenvalue weighted by molar-refractivity contribution is 7.15. The minimum absolute atomic E-state index is 0.0481. The van der Waals surface area contributed by atoms with Gasteiger partial charge < -0.3 is 11.1 Å². The third kappa shape index (κ3) is 3.47. The molecule has 1 heterocycles. The molecular formula is C17H21N3OS. The number of hydrogen-bond donors (Lipinski definition) is 2. The maximum absolute atomic E-state index is 12.3. The van der Waals surface area contributed by atoms with Crippen LogP contribution in [0.5, 0.6) is 0 Å². The lowest BCUT2D eigenvalue weighted by Gasteiger charge is -2.22. The molecule has 22 heavy (non-hydrogen) atoms. The van der Waals surface area contributed by atoms with Crippen LogP contribution in [0.15, 0.2) is 30.3 Å². The maximum atomic E-state index is 12.3. The first-order valence-electron chi connectivity index (χ1n) is 7.70. The molecule has 0 fully saturated rings. The summed E-state index contributed by atoms with van der Waals surface area (Å²) in [6, 6.07) is 10.1. The van der Waals surface area contributed by atoms with Crippen LogP contribution in [0.1, 0.15) is 41.9 Å². The number of nitrogen functional groups attached to an aromatic ring is 1. The summed E-state index contributed by atoms with van der Waals surface area (Å²) in [5.74, 6) is 0.526. The molecule has 4 nitrogen and oxygen atoms in total. The lowest BCUT2D eigenvalue weighted by molar-refractivity contribution is -0.122. The lowest BCUT2D eigenvalue weighted by Crippen LogP contribution is -2.29. The van der Waals surface area contributed by atoms with E-state index in [0.29, 0.717) is 17.5 Å². The van der Waals surface area contributed by atoms with Gasteiger partial charge in [0.2, 0.25) is 5.91 Å². The number of benzene rings is 1. The average molecular weight is 315 g/mol. The Labute approximate surface area is 134 Å². The van der Waals surface area contributed by atoms with E-state index in [9.17, 15) is 4.79 Å².